The fraction of sp³-hybridized carbons (Fsp3) is 0.389. The lowest BCUT2D eigenvalue weighted by atomic mass is 10.2. The number of benzene rings is 1. The molecule has 1 aromatic heterocycles. The highest BCUT2D eigenvalue weighted by Gasteiger charge is 2.23. The van der Waals surface area contributed by atoms with Crippen LogP contribution < -0.4 is 4.74 Å². The number of carbonyl (C=O) groups is 1. The summed E-state index contributed by atoms with van der Waals surface area (Å²) in [5.74, 6) is 0.782. The van der Waals surface area contributed by atoms with E-state index in [2.05, 4.69) is 4.90 Å². The summed E-state index contributed by atoms with van der Waals surface area (Å²) in [6, 6.07) is 9.48. The molecule has 0 atom stereocenters. The molecule has 1 aliphatic rings. The third-order valence-corrected chi connectivity index (χ3v) is 4.09. The van der Waals surface area contributed by atoms with Crippen LogP contribution in [-0.2, 0) is 0 Å². The molecule has 0 N–H and O–H groups in total. The van der Waals surface area contributed by atoms with Crippen molar-refractivity contribution in [3.63, 3.8) is 0 Å². The van der Waals surface area contributed by atoms with E-state index in [1.54, 1.807) is 24.3 Å². The van der Waals surface area contributed by atoms with Gasteiger partial charge in [-0.25, -0.2) is 4.39 Å². The zero-order valence-corrected chi connectivity index (χ0v) is 13.5. The molecule has 5 nitrogen and oxygen atoms in total. The molecule has 1 amide bonds. The number of halogens is 1. The Balaban J connectivity index is 1.34. The van der Waals surface area contributed by atoms with Gasteiger partial charge < -0.3 is 14.1 Å². The van der Waals surface area contributed by atoms with Crippen LogP contribution >= 0.6 is 0 Å². The number of furan rings is 1. The van der Waals surface area contributed by atoms with Gasteiger partial charge in [-0.1, -0.05) is 0 Å². The zero-order valence-electron chi connectivity index (χ0n) is 13.5. The van der Waals surface area contributed by atoms with Crippen LogP contribution in [0.4, 0.5) is 4.39 Å². The largest absolute Gasteiger partial charge is 0.494 e. The van der Waals surface area contributed by atoms with E-state index in [9.17, 15) is 9.18 Å². The maximum absolute atomic E-state index is 12.8. The summed E-state index contributed by atoms with van der Waals surface area (Å²) >= 11 is 0. The summed E-state index contributed by atoms with van der Waals surface area (Å²) in [4.78, 5) is 16.3. The standard InChI is InChI=1S/C18H21FN2O3/c19-15-4-6-16(7-5-15)23-14-2-8-20-9-11-21(12-10-20)18(22)17-3-1-13-24-17/h1,3-7,13H,2,8-12,14H2. The normalized spacial score (nSPS) is 15.5. The van der Waals surface area contributed by atoms with E-state index < -0.39 is 0 Å². The SMILES string of the molecule is O=C(c1ccco1)N1CCN(CCCOc2ccc(F)cc2)CC1. The summed E-state index contributed by atoms with van der Waals surface area (Å²) in [6.07, 6.45) is 2.41. The van der Waals surface area contributed by atoms with E-state index in [-0.39, 0.29) is 11.7 Å². The molecule has 0 unspecified atom stereocenters. The highest BCUT2D eigenvalue weighted by atomic mass is 19.1. The first kappa shape index (κ1) is 16.5. The average Bonchev–Trinajstić information content (AvgIpc) is 3.15. The van der Waals surface area contributed by atoms with Gasteiger partial charge in [-0.05, 0) is 42.8 Å². The molecule has 3 rings (SSSR count). The van der Waals surface area contributed by atoms with Crippen LogP contribution in [0, 0.1) is 5.82 Å². The van der Waals surface area contributed by atoms with Crippen LogP contribution in [0.2, 0.25) is 0 Å². The van der Waals surface area contributed by atoms with Gasteiger partial charge in [0, 0.05) is 32.7 Å². The highest BCUT2D eigenvalue weighted by molar-refractivity contribution is 5.91. The Morgan fingerprint density at radius 3 is 2.54 bits per heavy atom. The highest BCUT2D eigenvalue weighted by Crippen LogP contribution is 2.12. The van der Waals surface area contributed by atoms with Crippen molar-refractivity contribution in [1.82, 2.24) is 9.80 Å². The number of hydrogen-bond donors (Lipinski definition) is 0. The van der Waals surface area contributed by atoms with Crippen molar-refractivity contribution in [2.24, 2.45) is 0 Å². The van der Waals surface area contributed by atoms with Crippen molar-refractivity contribution in [2.75, 3.05) is 39.3 Å². The second-order valence-corrected chi connectivity index (χ2v) is 5.77. The topological polar surface area (TPSA) is 45.9 Å². The summed E-state index contributed by atoms with van der Waals surface area (Å²) in [7, 11) is 0. The monoisotopic (exact) mass is 332 g/mol. The van der Waals surface area contributed by atoms with Gasteiger partial charge in [0.1, 0.15) is 11.6 Å². The Morgan fingerprint density at radius 2 is 1.88 bits per heavy atom. The van der Waals surface area contributed by atoms with Crippen molar-refractivity contribution in [2.45, 2.75) is 6.42 Å². The first-order valence-corrected chi connectivity index (χ1v) is 8.16. The summed E-state index contributed by atoms with van der Waals surface area (Å²) in [5, 5.41) is 0. The van der Waals surface area contributed by atoms with E-state index in [0.717, 1.165) is 26.1 Å². The first-order chi connectivity index (χ1) is 11.7. The molecular weight excluding hydrogens is 311 g/mol. The molecule has 24 heavy (non-hydrogen) atoms. The number of nitrogens with zero attached hydrogens (tertiary/aromatic N) is 2. The smallest absolute Gasteiger partial charge is 0.289 e. The molecule has 2 aromatic rings. The van der Waals surface area contributed by atoms with Crippen LogP contribution in [0.5, 0.6) is 5.75 Å². The maximum atomic E-state index is 12.8. The Labute approximate surface area is 140 Å². The Morgan fingerprint density at radius 1 is 1.12 bits per heavy atom. The van der Waals surface area contributed by atoms with E-state index in [0.29, 0.717) is 31.2 Å². The van der Waals surface area contributed by atoms with Crippen LogP contribution in [0.1, 0.15) is 17.0 Å². The van der Waals surface area contributed by atoms with Crippen LogP contribution in [0.15, 0.2) is 47.1 Å². The average molecular weight is 332 g/mol. The number of ether oxygens (including phenoxy) is 1. The van der Waals surface area contributed by atoms with Gasteiger partial charge in [0.05, 0.1) is 12.9 Å². The lowest BCUT2D eigenvalue weighted by Gasteiger charge is -2.34. The summed E-state index contributed by atoms with van der Waals surface area (Å²) < 4.78 is 23.5. The van der Waals surface area contributed by atoms with Gasteiger partial charge >= 0.3 is 0 Å². The minimum Gasteiger partial charge on any atom is -0.494 e. The molecule has 0 bridgehead atoms. The zero-order chi connectivity index (χ0) is 16.8. The fourth-order valence-electron chi connectivity index (χ4n) is 2.74. The van der Waals surface area contributed by atoms with Crippen molar-refractivity contribution in [3.8, 4) is 5.75 Å². The minimum atomic E-state index is -0.260. The van der Waals surface area contributed by atoms with Gasteiger partial charge in [-0.15, -0.1) is 0 Å². The molecule has 2 heterocycles. The molecule has 0 spiro atoms. The van der Waals surface area contributed by atoms with E-state index >= 15 is 0 Å². The lowest BCUT2D eigenvalue weighted by molar-refractivity contribution is 0.0600. The second kappa shape index (κ2) is 7.97. The van der Waals surface area contributed by atoms with Crippen molar-refractivity contribution in [1.29, 1.82) is 0 Å². The van der Waals surface area contributed by atoms with E-state index in [1.165, 1.54) is 18.4 Å². The molecule has 128 valence electrons. The van der Waals surface area contributed by atoms with Gasteiger partial charge in [0.2, 0.25) is 0 Å². The maximum Gasteiger partial charge on any atom is 0.289 e. The number of hydrogen-bond acceptors (Lipinski definition) is 4. The summed E-state index contributed by atoms with van der Waals surface area (Å²) in [5.41, 5.74) is 0. The molecular formula is C18H21FN2O3. The number of rotatable bonds is 6. The number of piperazine rings is 1. The first-order valence-electron chi connectivity index (χ1n) is 8.16. The molecule has 6 heteroatoms. The van der Waals surface area contributed by atoms with Gasteiger partial charge in [-0.2, -0.15) is 0 Å². The molecule has 1 aliphatic heterocycles. The second-order valence-electron chi connectivity index (χ2n) is 5.77. The molecule has 1 aromatic carbocycles. The Hall–Kier alpha value is -2.34. The van der Waals surface area contributed by atoms with Crippen LogP contribution in [-0.4, -0.2) is 55.0 Å². The third kappa shape index (κ3) is 4.35. The Bertz CT molecular complexity index is 635. The molecule has 0 aliphatic carbocycles. The molecule has 1 saturated heterocycles. The van der Waals surface area contributed by atoms with Gasteiger partial charge in [0.25, 0.3) is 5.91 Å². The van der Waals surface area contributed by atoms with Crippen LogP contribution in [0.25, 0.3) is 0 Å². The molecule has 0 saturated carbocycles. The van der Waals surface area contributed by atoms with Crippen LogP contribution in [0.3, 0.4) is 0 Å². The van der Waals surface area contributed by atoms with Gasteiger partial charge in [-0.3, -0.25) is 9.69 Å². The van der Waals surface area contributed by atoms with Gasteiger partial charge in [0.15, 0.2) is 5.76 Å². The summed E-state index contributed by atoms with van der Waals surface area (Å²) in [6.45, 7) is 4.63. The van der Waals surface area contributed by atoms with E-state index in [4.69, 9.17) is 9.15 Å². The molecule has 1 fully saturated rings. The van der Waals surface area contributed by atoms with Crippen molar-refractivity contribution in [3.05, 3.63) is 54.2 Å². The Kier molecular flexibility index (Phi) is 5.48. The van der Waals surface area contributed by atoms with E-state index in [1.807, 2.05) is 4.90 Å². The minimum absolute atomic E-state index is 0.0423. The number of carbonyl (C=O) groups excluding carboxylic acids is 1. The predicted octanol–water partition coefficient (Wildman–Crippen LogP) is 2.65. The lowest BCUT2D eigenvalue weighted by Crippen LogP contribution is -2.48. The third-order valence-electron chi connectivity index (χ3n) is 4.09. The van der Waals surface area contributed by atoms with Crippen molar-refractivity contribution >= 4 is 5.91 Å². The predicted molar refractivity (Wildman–Crippen MR) is 87.6 cm³/mol. The quantitative estimate of drug-likeness (QED) is 0.763. The fourth-order valence-corrected chi connectivity index (χ4v) is 2.74. The van der Waals surface area contributed by atoms with Crippen molar-refractivity contribution < 1.29 is 18.3 Å². The number of amides is 1. The molecule has 0 radical (unpaired) electrons.